The molecule has 2 aromatic rings. The standard InChI is InChI=1S/C21H26N2O2/c1-13-11-14(2)20(16(4)24)15(3)19(13)12-22-18-9-7-17(8-10-18)21(25)23(5)6/h7-11,22H,12H2,1-6H3. The van der Waals surface area contributed by atoms with Crippen LogP contribution in [0.2, 0.25) is 0 Å². The lowest BCUT2D eigenvalue weighted by Crippen LogP contribution is -2.21. The number of nitrogens with zero attached hydrogens (tertiary/aromatic N) is 1. The number of carbonyl (C=O) groups excluding carboxylic acids is 2. The highest BCUT2D eigenvalue weighted by atomic mass is 16.2. The second-order valence-electron chi connectivity index (χ2n) is 6.68. The molecule has 0 aliphatic rings. The minimum atomic E-state index is -0.0112. The van der Waals surface area contributed by atoms with Crippen LogP contribution < -0.4 is 5.32 Å². The van der Waals surface area contributed by atoms with Crippen molar-refractivity contribution in [2.45, 2.75) is 34.2 Å². The molecule has 1 N–H and O–H groups in total. The summed E-state index contributed by atoms with van der Waals surface area (Å²) in [6.07, 6.45) is 0. The number of ketones is 1. The van der Waals surface area contributed by atoms with Gasteiger partial charge in [0.1, 0.15) is 0 Å². The van der Waals surface area contributed by atoms with E-state index in [4.69, 9.17) is 0 Å². The van der Waals surface area contributed by atoms with E-state index in [1.165, 1.54) is 5.56 Å². The van der Waals surface area contributed by atoms with Crippen molar-refractivity contribution in [1.29, 1.82) is 0 Å². The van der Waals surface area contributed by atoms with Gasteiger partial charge in [-0.1, -0.05) is 6.07 Å². The molecule has 2 rings (SSSR count). The third-order valence-corrected chi connectivity index (χ3v) is 4.49. The van der Waals surface area contributed by atoms with E-state index >= 15 is 0 Å². The van der Waals surface area contributed by atoms with Crippen LogP contribution in [0.15, 0.2) is 30.3 Å². The maximum Gasteiger partial charge on any atom is 0.253 e. The fraction of sp³-hybridized carbons (Fsp3) is 0.333. The topological polar surface area (TPSA) is 49.4 Å². The van der Waals surface area contributed by atoms with Gasteiger partial charge in [0.05, 0.1) is 0 Å². The van der Waals surface area contributed by atoms with Gasteiger partial charge < -0.3 is 10.2 Å². The van der Waals surface area contributed by atoms with Crippen molar-refractivity contribution >= 4 is 17.4 Å². The van der Waals surface area contributed by atoms with Gasteiger partial charge in [-0.2, -0.15) is 0 Å². The van der Waals surface area contributed by atoms with Crippen molar-refractivity contribution in [3.05, 3.63) is 63.7 Å². The largest absolute Gasteiger partial charge is 0.381 e. The van der Waals surface area contributed by atoms with Gasteiger partial charge in [0, 0.05) is 37.5 Å². The minimum Gasteiger partial charge on any atom is -0.381 e. The summed E-state index contributed by atoms with van der Waals surface area (Å²) in [6.45, 7) is 8.31. The number of rotatable bonds is 5. The molecule has 0 radical (unpaired) electrons. The van der Waals surface area contributed by atoms with Gasteiger partial charge in [-0.15, -0.1) is 0 Å². The summed E-state index contributed by atoms with van der Waals surface area (Å²) in [5, 5.41) is 3.39. The van der Waals surface area contributed by atoms with Crippen LogP contribution in [0.4, 0.5) is 5.69 Å². The van der Waals surface area contributed by atoms with E-state index in [1.807, 2.05) is 38.1 Å². The first-order valence-corrected chi connectivity index (χ1v) is 8.38. The number of nitrogens with one attached hydrogen (secondary N) is 1. The Morgan fingerprint density at radius 2 is 1.60 bits per heavy atom. The average Bonchev–Trinajstić information content (AvgIpc) is 2.53. The zero-order valence-corrected chi connectivity index (χ0v) is 15.9. The lowest BCUT2D eigenvalue weighted by molar-refractivity contribution is 0.0827. The van der Waals surface area contributed by atoms with E-state index < -0.39 is 0 Å². The zero-order chi connectivity index (χ0) is 18.7. The van der Waals surface area contributed by atoms with Crippen LogP contribution in [-0.2, 0) is 6.54 Å². The molecule has 0 bridgehead atoms. The van der Waals surface area contributed by atoms with Gasteiger partial charge >= 0.3 is 0 Å². The summed E-state index contributed by atoms with van der Waals surface area (Å²) in [4.78, 5) is 25.4. The summed E-state index contributed by atoms with van der Waals surface area (Å²) >= 11 is 0. The SMILES string of the molecule is CC(=O)c1c(C)cc(C)c(CNc2ccc(C(=O)N(C)C)cc2)c1C. The first kappa shape index (κ1) is 18.7. The Morgan fingerprint density at radius 1 is 1.00 bits per heavy atom. The number of Topliss-reactive ketones (excluding diaryl/α,β-unsaturated/α-hetero) is 1. The van der Waals surface area contributed by atoms with E-state index in [1.54, 1.807) is 25.9 Å². The molecule has 0 saturated carbocycles. The predicted octanol–water partition coefficient (Wildman–Crippen LogP) is 4.13. The van der Waals surface area contributed by atoms with E-state index in [0.717, 1.165) is 27.9 Å². The van der Waals surface area contributed by atoms with Crippen molar-refractivity contribution in [1.82, 2.24) is 4.90 Å². The molecule has 4 nitrogen and oxygen atoms in total. The third-order valence-electron chi connectivity index (χ3n) is 4.49. The number of hydrogen-bond donors (Lipinski definition) is 1. The van der Waals surface area contributed by atoms with Crippen molar-refractivity contribution in [3.8, 4) is 0 Å². The number of hydrogen-bond acceptors (Lipinski definition) is 3. The van der Waals surface area contributed by atoms with Gasteiger partial charge in [-0.05, 0) is 74.2 Å². The summed E-state index contributed by atoms with van der Waals surface area (Å²) in [7, 11) is 3.48. The monoisotopic (exact) mass is 338 g/mol. The molecule has 0 unspecified atom stereocenters. The number of anilines is 1. The summed E-state index contributed by atoms with van der Waals surface area (Å²) in [5.41, 5.74) is 6.80. The Labute approximate surface area is 149 Å². The van der Waals surface area contributed by atoms with Crippen LogP contribution in [0.1, 0.15) is 49.9 Å². The number of amides is 1. The number of benzene rings is 2. The molecular formula is C21H26N2O2. The molecule has 0 aliphatic carbocycles. The lowest BCUT2D eigenvalue weighted by Gasteiger charge is -2.17. The molecule has 0 aromatic heterocycles. The molecule has 0 heterocycles. The van der Waals surface area contributed by atoms with Crippen molar-refractivity contribution in [3.63, 3.8) is 0 Å². The fourth-order valence-corrected chi connectivity index (χ4v) is 3.22. The molecule has 0 fully saturated rings. The second-order valence-corrected chi connectivity index (χ2v) is 6.68. The Morgan fingerprint density at radius 3 is 2.12 bits per heavy atom. The van der Waals surface area contributed by atoms with E-state index in [0.29, 0.717) is 12.1 Å². The molecule has 25 heavy (non-hydrogen) atoms. The van der Waals surface area contributed by atoms with Crippen molar-refractivity contribution < 1.29 is 9.59 Å². The van der Waals surface area contributed by atoms with Gasteiger partial charge in [0.15, 0.2) is 5.78 Å². The zero-order valence-electron chi connectivity index (χ0n) is 15.9. The Bertz CT molecular complexity index is 806. The Balaban J connectivity index is 2.20. The minimum absolute atomic E-state index is 0.0112. The van der Waals surface area contributed by atoms with E-state index in [9.17, 15) is 9.59 Å². The highest BCUT2D eigenvalue weighted by molar-refractivity contribution is 5.97. The predicted molar refractivity (Wildman–Crippen MR) is 102 cm³/mol. The lowest BCUT2D eigenvalue weighted by atomic mass is 9.91. The van der Waals surface area contributed by atoms with Crippen LogP contribution in [0.3, 0.4) is 0 Å². The quantitative estimate of drug-likeness (QED) is 0.834. The van der Waals surface area contributed by atoms with Gasteiger partial charge in [0.25, 0.3) is 5.91 Å². The average molecular weight is 338 g/mol. The molecule has 0 spiro atoms. The highest BCUT2D eigenvalue weighted by Crippen LogP contribution is 2.24. The van der Waals surface area contributed by atoms with Crippen LogP contribution in [-0.4, -0.2) is 30.7 Å². The first-order valence-electron chi connectivity index (χ1n) is 8.38. The normalized spacial score (nSPS) is 10.5. The molecule has 0 atom stereocenters. The molecule has 132 valence electrons. The molecule has 1 amide bonds. The maximum atomic E-state index is 11.9. The summed E-state index contributed by atoms with van der Waals surface area (Å²) in [5.74, 6) is 0.0886. The second kappa shape index (κ2) is 7.51. The molecular weight excluding hydrogens is 312 g/mol. The summed E-state index contributed by atoms with van der Waals surface area (Å²) < 4.78 is 0. The van der Waals surface area contributed by atoms with Gasteiger partial charge in [-0.3, -0.25) is 9.59 Å². The van der Waals surface area contributed by atoms with Crippen LogP contribution in [0, 0.1) is 20.8 Å². The number of carbonyl (C=O) groups is 2. The van der Waals surface area contributed by atoms with E-state index in [-0.39, 0.29) is 11.7 Å². The molecule has 0 aliphatic heterocycles. The van der Waals surface area contributed by atoms with Crippen LogP contribution in [0.5, 0.6) is 0 Å². The molecule has 2 aromatic carbocycles. The van der Waals surface area contributed by atoms with Crippen molar-refractivity contribution in [2.24, 2.45) is 0 Å². The van der Waals surface area contributed by atoms with Gasteiger partial charge in [-0.25, -0.2) is 0 Å². The highest BCUT2D eigenvalue weighted by Gasteiger charge is 2.14. The van der Waals surface area contributed by atoms with E-state index in [2.05, 4.69) is 18.3 Å². The summed E-state index contributed by atoms with van der Waals surface area (Å²) in [6, 6.07) is 9.52. The Kier molecular flexibility index (Phi) is 5.62. The number of aryl methyl sites for hydroxylation is 2. The third kappa shape index (κ3) is 4.08. The van der Waals surface area contributed by atoms with Crippen molar-refractivity contribution in [2.75, 3.05) is 19.4 Å². The molecule has 4 heteroatoms. The Hall–Kier alpha value is -2.62. The smallest absolute Gasteiger partial charge is 0.253 e. The first-order chi connectivity index (χ1) is 11.7. The van der Waals surface area contributed by atoms with Gasteiger partial charge in [0.2, 0.25) is 0 Å². The van der Waals surface area contributed by atoms with Crippen LogP contribution >= 0.6 is 0 Å². The molecule has 0 saturated heterocycles. The fourth-order valence-electron chi connectivity index (χ4n) is 3.22. The van der Waals surface area contributed by atoms with Crippen LogP contribution in [0.25, 0.3) is 0 Å². The maximum absolute atomic E-state index is 11.9.